The van der Waals surface area contributed by atoms with Gasteiger partial charge in [-0.25, -0.2) is 0 Å². The topological polar surface area (TPSA) is 21.3 Å². The van der Waals surface area contributed by atoms with Crippen molar-refractivity contribution in [2.75, 3.05) is 13.7 Å². The summed E-state index contributed by atoms with van der Waals surface area (Å²) < 4.78 is 6.36. The van der Waals surface area contributed by atoms with Crippen LogP contribution in [0.25, 0.3) is 0 Å². The van der Waals surface area contributed by atoms with Crippen molar-refractivity contribution in [1.82, 2.24) is 5.32 Å². The Labute approximate surface area is 120 Å². The fraction of sp³-hybridized carbons (Fsp3) is 0.286. The molecule has 1 aromatic heterocycles. The number of ether oxygens (including phenoxy) is 1. The van der Waals surface area contributed by atoms with Crippen molar-refractivity contribution in [3.8, 4) is 5.75 Å². The van der Waals surface area contributed by atoms with Gasteiger partial charge in [0.15, 0.2) is 0 Å². The zero-order valence-corrected chi connectivity index (χ0v) is 12.8. The van der Waals surface area contributed by atoms with E-state index in [1.807, 2.05) is 12.1 Å². The fourth-order valence-electron chi connectivity index (χ4n) is 1.87. The smallest absolute Gasteiger partial charge is 0.118 e. The van der Waals surface area contributed by atoms with E-state index >= 15 is 0 Å². The predicted octanol–water partition coefficient (Wildman–Crippen LogP) is 4.22. The summed E-state index contributed by atoms with van der Waals surface area (Å²) >= 11 is 5.37. The molecule has 4 heteroatoms. The fourth-order valence-corrected chi connectivity index (χ4v) is 3.58. The van der Waals surface area contributed by atoms with E-state index in [4.69, 9.17) is 4.74 Å². The van der Waals surface area contributed by atoms with Crippen LogP contribution >= 0.6 is 27.3 Å². The SMILES string of the molecule is CCNC(c1ccc(OC)cc1)c1sccc1Br. The molecular weight excluding hydrogens is 310 g/mol. The van der Waals surface area contributed by atoms with E-state index in [9.17, 15) is 0 Å². The van der Waals surface area contributed by atoms with Crippen molar-refractivity contribution < 1.29 is 4.74 Å². The van der Waals surface area contributed by atoms with Crippen molar-refractivity contribution >= 4 is 27.3 Å². The molecule has 0 aliphatic rings. The van der Waals surface area contributed by atoms with Crippen LogP contribution in [-0.4, -0.2) is 13.7 Å². The van der Waals surface area contributed by atoms with Crippen LogP contribution in [0, 0.1) is 0 Å². The van der Waals surface area contributed by atoms with Gasteiger partial charge in [-0.1, -0.05) is 19.1 Å². The summed E-state index contributed by atoms with van der Waals surface area (Å²) in [5.41, 5.74) is 1.25. The lowest BCUT2D eigenvalue weighted by atomic mass is 10.1. The minimum absolute atomic E-state index is 0.232. The monoisotopic (exact) mass is 325 g/mol. The number of rotatable bonds is 5. The molecule has 1 unspecified atom stereocenters. The summed E-state index contributed by atoms with van der Waals surface area (Å²) in [7, 11) is 1.69. The third kappa shape index (κ3) is 2.94. The van der Waals surface area contributed by atoms with Gasteiger partial charge in [-0.2, -0.15) is 0 Å². The van der Waals surface area contributed by atoms with E-state index in [0.29, 0.717) is 0 Å². The van der Waals surface area contributed by atoms with E-state index in [2.05, 4.69) is 51.7 Å². The van der Waals surface area contributed by atoms with Crippen LogP contribution in [0.3, 0.4) is 0 Å². The van der Waals surface area contributed by atoms with Gasteiger partial charge in [0.25, 0.3) is 0 Å². The summed E-state index contributed by atoms with van der Waals surface area (Å²) in [6.07, 6.45) is 0. The Morgan fingerprint density at radius 1 is 1.28 bits per heavy atom. The normalized spacial score (nSPS) is 12.4. The van der Waals surface area contributed by atoms with Gasteiger partial charge in [0.1, 0.15) is 5.75 Å². The number of benzene rings is 1. The second-order valence-corrected chi connectivity index (χ2v) is 5.70. The van der Waals surface area contributed by atoms with Crippen molar-refractivity contribution in [3.63, 3.8) is 0 Å². The molecular formula is C14H16BrNOS. The minimum Gasteiger partial charge on any atom is -0.497 e. The standard InChI is InChI=1S/C14H16BrNOS/c1-3-16-13(14-12(15)8-9-18-14)10-4-6-11(17-2)7-5-10/h4-9,13,16H,3H2,1-2H3. The Kier molecular flexibility index (Phi) is 4.80. The molecule has 0 fully saturated rings. The maximum Gasteiger partial charge on any atom is 0.118 e. The predicted molar refractivity (Wildman–Crippen MR) is 80.5 cm³/mol. The number of hydrogen-bond donors (Lipinski definition) is 1. The maximum atomic E-state index is 5.20. The van der Waals surface area contributed by atoms with Crippen molar-refractivity contribution in [1.29, 1.82) is 0 Å². The summed E-state index contributed by atoms with van der Waals surface area (Å²) in [5, 5.41) is 5.62. The Morgan fingerprint density at radius 3 is 2.50 bits per heavy atom. The lowest BCUT2D eigenvalue weighted by molar-refractivity contribution is 0.414. The highest BCUT2D eigenvalue weighted by atomic mass is 79.9. The van der Waals surface area contributed by atoms with Gasteiger partial charge in [0.2, 0.25) is 0 Å². The highest BCUT2D eigenvalue weighted by Gasteiger charge is 2.16. The summed E-state index contributed by atoms with van der Waals surface area (Å²) in [4.78, 5) is 1.31. The Hall–Kier alpha value is -0.840. The first-order valence-electron chi connectivity index (χ1n) is 5.86. The van der Waals surface area contributed by atoms with Crippen LogP contribution in [0.1, 0.15) is 23.4 Å². The molecule has 0 saturated heterocycles. The molecule has 18 heavy (non-hydrogen) atoms. The van der Waals surface area contributed by atoms with Gasteiger partial charge in [-0.15, -0.1) is 11.3 Å². The van der Waals surface area contributed by atoms with Crippen LogP contribution < -0.4 is 10.1 Å². The quantitative estimate of drug-likeness (QED) is 0.888. The molecule has 2 nitrogen and oxygen atoms in total. The molecule has 2 aromatic rings. The Morgan fingerprint density at radius 2 is 2.00 bits per heavy atom. The van der Waals surface area contributed by atoms with E-state index in [1.165, 1.54) is 10.4 Å². The number of methoxy groups -OCH3 is 1. The van der Waals surface area contributed by atoms with Gasteiger partial charge in [-0.05, 0) is 51.6 Å². The highest BCUT2D eigenvalue weighted by Crippen LogP contribution is 2.33. The van der Waals surface area contributed by atoms with Crippen LogP contribution in [0.2, 0.25) is 0 Å². The molecule has 0 saturated carbocycles. The number of thiophene rings is 1. The first kappa shape index (κ1) is 13.6. The first-order chi connectivity index (χ1) is 8.76. The second-order valence-electron chi connectivity index (χ2n) is 3.90. The van der Waals surface area contributed by atoms with Crippen molar-refractivity contribution in [2.24, 2.45) is 0 Å². The molecule has 0 amide bonds. The van der Waals surface area contributed by atoms with E-state index < -0.39 is 0 Å². The molecule has 0 radical (unpaired) electrons. The Balaban J connectivity index is 2.32. The molecule has 1 aromatic carbocycles. The Bertz CT molecular complexity index is 495. The number of nitrogens with one attached hydrogen (secondary N) is 1. The molecule has 0 aliphatic heterocycles. The molecule has 1 atom stereocenters. The van der Waals surface area contributed by atoms with Gasteiger partial charge in [-0.3, -0.25) is 0 Å². The van der Waals surface area contributed by atoms with Gasteiger partial charge in [0, 0.05) is 9.35 Å². The molecule has 2 rings (SSSR count). The zero-order chi connectivity index (χ0) is 13.0. The van der Waals surface area contributed by atoms with E-state index in [0.717, 1.165) is 16.8 Å². The van der Waals surface area contributed by atoms with Crippen LogP contribution in [0.4, 0.5) is 0 Å². The zero-order valence-electron chi connectivity index (χ0n) is 10.4. The third-order valence-corrected chi connectivity index (χ3v) is 4.70. The van der Waals surface area contributed by atoms with Crippen LogP contribution in [-0.2, 0) is 0 Å². The molecule has 1 heterocycles. The molecule has 96 valence electrons. The highest BCUT2D eigenvalue weighted by molar-refractivity contribution is 9.10. The van der Waals surface area contributed by atoms with E-state index in [-0.39, 0.29) is 6.04 Å². The largest absolute Gasteiger partial charge is 0.497 e. The summed E-state index contributed by atoms with van der Waals surface area (Å²) in [6, 6.07) is 10.5. The van der Waals surface area contributed by atoms with E-state index in [1.54, 1.807) is 18.4 Å². The lowest BCUT2D eigenvalue weighted by Crippen LogP contribution is -2.21. The maximum absolute atomic E-state index is 5.20. The third-order valence-electron chi connectivity index (χ3n) is 2.76. The minimum atomic E-state index is 0.232. The van der Waals surface area contributed by atoms with Crippen LogP contribution in [0.15, 0.2) is 40.2 Å². The van der Waals surface area contributed by atoms with Gasteiger partial charge >= 0.3 is 0 Å². The number of halogens is 1. The van der Waals surface area contributed by atoms with Crippen molar-refractivity contribution in [3.05, 3.63) is 50.6 Å². The summed E-state index contributed by atoms with van der Waals surface area (Å²) in [6.45, 7) is 3.05. The summed E-state index contributed by atoms with van der Waals surface area (Å²) in [5.74, 6) is 0.888. The number of hydrogen-bond acceptors (Lipinski definition) is 3. The van der Waals surface area contributed by atoms with Crippen LogP contribution in [0.5, 0.6) is 5.75 Å². The average molecular weight is 326 g/mol. The second kappa shape index (κ2) is 6.36. The molecule has 1 N–H and O–H groups in total. The van der Waals surface area contributed by atoms with Gasteiger partial charge in [0.05, 0.1) is 13.2 Å². The molecule has 0 bridgehead atoms. The molecule has 0 aliphatic carbocycles. The average Bonchev–Trinajstić information content (AvgIpc) is 2.82. The lowest BCUT2D eigenvalue weighted by Gasteiger charge is -2.18. The van der Waals surface area contributed by atoms with Crippen molar-refractivity contribution in [2.45, 2.75) is 13.0 Å². The van der Waals surface area contributed by atoms with Gasteiger partial charge < -0.3 is 10.1 Å². The molecule has 0 spiro atoms. The first-order valence-corrected chi connectivity index (χ1v) is 7.53.